The van der Waals surface area contributed by atoms with Gasteiger partial charge in [0, 0.05) is 27.8 Å². The lowest BCUT2D eigenvalue weighted by molar-refractivity contribution is -0.123. The van der Waals surface area contributed by atoms with Crippen molar-refractivity contribution in [1.29, 1.82) is 0 Å². The van der Waals surface area contributed by atoms with Gasteiger partial charge < -0.3 is 0 Å². The molecule has 3 aromatic rings. The molecule has 0 bridgehead atoms. The first-order valence-electron chi connectivity index (χ1n) is 10.2. The first-order chi connectivity index (χ1) is 16.0. The van der Waals surface area contributed by atoms with Crippen LogP contribution < -0.4 is 4.90 Å². The number of para-hydroxylation sites is 2. The highest BCUT2D eigenvalue weighted by Crippen LogP contribution is 2.48. The summed E-state index contributed by atoms with van der Waals surface area (Å²) in [4.78, 5) is 32.2. The number of halogens is 1. The largest absolute Gasteiger partial charge is 0.292 e. The summed E-state index contributed by atoms with van der Waals surface area (Å²) in [6.07, 6.45) is 1.90. The molecule has 0 aliphatic carbocycles. The highest BCUT2D eigenvalue weighted by molar-refractivity contribution is 8.26. The third-order valence-electron chi connectivity index (χ3n) is 5.30. The van der Waals surface area contributed by atoms with Crippen molar-refractivity contribution in [2.45, 2.75) is 16.2 Å². The molecule has 0 atom stereocenters. The molecule has 2 amide bonds. The van der Waals surface area contributed by atoms with E-state index in [1.165, 1.54) is 16.7 Å². The van der Waals surface area contributed by atoms with Gasteiger partial charge in [-0.3, -0.25) is 19.4 Å². The molecule has 4 nitrogen and oxygen atoms in total. The highest BCUT2D eigenvalue weighted by Gasteiger charge is 2.34. The quantitative estimate of drug-likeness (QED) is 0.287. The Morgan fingerprint density at radius 2 is 1.52 bits per heavy atom. The van der Waals surface area contributed by atoms with Crippen LogP contribution in [0.25, 0.3) is 6.08 Å². The van der Waals surface area contributed by atoms with Crippen molar-refractivity contribution in [1.82, 2.24) is 4.90 Å². The number of hydrogen-bond acceptors (Lipinski definition) is 5. The summed E-state index contributed by atoms with van der Waals surface area (Å²) in [5, 5.41) is 0.568. The predicted octanol–water partition coefficient (Wildman–Crippen LogP) is 6.76. The topological polar surface area (TPSA) is 40.6 Å². The van der Waals surface area contributed by atoms with E-state index >= 15 is 0 Å². The van der Waals surface area contributed by atoms with Gasteiger partial charge in [0.15, 0.2) is 0 Å². The minimum absolute atomic E-state index is 0.0840. The summed E-state index contributed by atoms with van der Waals surface area (Å²) in [5.41, 5.74) is 2.47. The molecule has 0 spiro atoms. The molecule has 0 radical (unpaired) electrons. The number of anilines is 2. The fourth-order valence-corrected chi connectivity index (χ4v) is 6.27. The molecule has 1 saturated heterocycles. The lowest BCUT2D eigenvalue weighted by atomic mass is 10.2. The average Bonchev–Trinajstić information content (AvgIpc) is 3.09. The normalized spacial score (nSPS) is 16.2. The third-order valence-corrected chi connectivity index (χ3v) is 8.15. The molecule has 8 heteroatoms. The van der Waals surface area contributed by atoms with Crippen molar-refractivity contribution in [2.75, 3.05) is 11.4 Å². The van der Waals surface area contributed by atoms with Crippen LogP contribution in [-0.4, -0.2) is 27.6 Å². The summed E-state index contributed by atoms with van der Waals surface area (Å²) in [7, 11) is 0. The Labute approximate surface area is 210 Å². The van der Waals surface area contributed by atoms with E-state index in [1.54, 1.807) is 28.8 Å². The van der Waals surface area contributed by atoms with Crippen LogP contribution in [0, 0.1) is 0 Å². The molecule has 2 heterocycles. The summed E-state index contributed by atoms with van der Waals surface area (Å²) in [5.74, 6) is -0.285. The number of carbonyl (C=O) groups excluding carboxylic acids is 2. The van der Waals surface area contributed by atoms with Gasteiger partial charge >= 0.3 is 0 Å². The summed E-state index contributed by atoms with van der Waals surface area (Å²) >= 11 is 14.6. The standard InChI is InChI=1S/C25H17ClN2O2S3/c26-17-8-2-1-7-16(17)15-22-24(30)27(25(31)33-22)14-13-23(29)28-18-9-3-5-11-20(18)32-21-12-6-4-10-19(21)28/h1-12,15H,13-14H2/b22-15+. The number of amides is 2. The van der Waals surface area contributed by atoms with Gasteiger partial charge in [0.1, 0.15) is 4.32 Å². The minimum Gasteiger partial charge on any atom is -0.292 e. The van der Waals surface area contributed by atoms with Crippen molar-refractivity contribution in [3.63, 3.8) is 0 Å². The minimum atomic E-state index is -0.201. The van der Waals surface area contributed by atoms with E-state index in [9.17, 15) is 9.59 Å². The van der Waals surface area contributed by atoms with Crippen LogP contribution in [0.15, 0.2) is 87.5 Å². The third kappa shape index (κ3) is 4.34. The first-order valence-corrected chi connectivity index (χ1v) is 12.6. The smallest absolute Gasteiger partial charge is 0.266 e. The highest BCUT2D eigenvalue weighted by atomic mass is 35.5. The number of carbonyl (C=O) groups is 2. The molecule has 0 aromatic heterocycles. The zero-order chi connectivity index (χ0) is 22.9. The van der Waals surface area contributed by atoms with Crippen molar-refractivity contribution in [2.24, 2.45) is 0 Å². The Bertz CT molecular complexity index is 1280. The summed E-state index contributed by atoms with van der Waals surface area (Å²) in [6.45, 7) is 0.220. The lowest BCUT2D eigenvalue weighted by Gasteiger charge is -2.31. The number of thiocarbonyl (C=S) groups is 1. The van der Waals surface area contributed by atoms with Crippen molar-refractivity contribution in [3.8, 4) is 0 Å². The zero-order valence-corrected chi connectivity index (χ0v) is 20.4. The Morgan fingerprint density at radius 3 is 2.18 bits per heavy atom. The van der Waals surface area contributed by atoms with Crippen LogP contribution in [0.3, 0.4) is 0 Å². The van der Waals surface area contributed by atoms with Crippen LogP contribution in [-0.2, 0) is 9.59 Å². The second kappa shape index (κ2) is 9.35. The molecule has 1 fully saturated rings. The van der Waals surface area contributed by atoms with Gasteiger partial charge in [-0.05, 0) is 42.0 Å². The molecule has 2 aliphatic rings. The van der Waals surface area contributed by atoms with Crippen molar-refractivity contribution < 1.29 is 9.59 Å². The van der Waals surface area contributed by atoms with Gasteiger partial charge in [-0.1, -0.05) is 89.8 Å². The second-order valence-electron chi connectivity index (χ2n) is 7.37. The number of hydrogen-bond donors (Lipinski definition) is 0. The average molecular weight is 509 g/mol. The lowest BCUT2D eigenvalue weighted by Crippen LogP contribution is -2.35. The molecule has 0 unspecified atom stereocenters. The van der Waals surface area contributed by atoms with Crippen LogP contribution in [0.5, 0.6) is 0 Å². The second-order valence-corrected chi connectivity index (χ2v) is 10.5. The van der Waals surface area contributed by atoms with E-state index < -0.39 is 0 Å². The fourth-order valence-electron chi connectivity index (χ4n) is 3.72. The maximum absolute atomic E-state index is 13.4. The van der Waals surface area contributed by atoms with E-state index in [1.807, 2.05) is 66.7 Å². The number of benzene rings is 3. The molecule has 0 N–H and O–H groups in total. The van der Waals surface area contributed by atoms with Crippen LogP contribution >= 0.6 is 47.3 Å². The predicted molar refractivity (Wildman–Crippen MR) is 140 cm³/mol. The maximum atomic E-state index is 13.4. The zero-order valence-electron chi connectivity index (χ0n) is 17.2. The van der Waals surface area contributed by atoms with E-state index in [0.717, 1.165) is 26.7 Å². The molecule has 5 rings (SSSR count). The molecule has 164 valence electrons. The molecule has 2 aliphatic heterocycles. The van der Waals surface area contributed by atoms with Gasteiger partial charge in [0.25, 0.3) is 5.91 Å². The first kappa shape index (κ1) is 22.2. The molecule has 33 heavy (non-hydrogen) atoms. The number of nitrogens with zero attached hydrogens (tertiary/aromatic N) is 2. The van der Waals surface area contributed by atoms with E-state index in [4.69, 9.17) is 23.8 Å². The van der Waals surface area contributed by atoms with Gasteiger partial charge in [-0.2, -0.15) is 0 Å². The van der Waals surface area contributed by atoms with Gasteiger partial charge in [-0.25, -0.2) is 0 Å². The number of rotatable bonds is 4. The van der Waals surface area contributed by atoms with Gasteiger partial charge in [0.05, 0.1) is 16.3 Å². The number of fused-ring (bicyclic) bond motifs is 2. The molecular formula is C25H17ClN2O2S3. The molecule has 0 saturated carbocycles. The maximum Gasteiger partial charge on any atom is 0.266 e. The van der Waals surface area contributed by atoms with Crippen LogP contribution in [0.2, 0.25) is 5.02 Å². The van der Waals surface area contributed by atoms with Crippen LogP contribution in [0.4, 0.5) is 11.4 Å². The van der Waals surface area contributed by atoms with Gasteiger partial charge in [0.2, 0.25) is 5.91 Å². The summed E-state index contributed by atoms with van der Waals surface area (Å²) in [6, 6.07) is 23.0. The molecule has 3 aromatic carbocycles. The monoisotopic (exact) mass is 508 g/mol. The summed E-state index contributed by atoms with van der Waals surface area (Å²) < 4.78 is 0.445. The fraction of sp³-hybridized carbons (Fsp3) is 0.0800. The Kier molecular flexibility index (Phi) is 6.29. The Balaban J connectivity index is 1.35. The Morgan fingerprint density at radius 1 is 0.909 bits per heavy atom. The SMILES string of the molecule is O=C1/C(=C\c2ccccc2Cl)SC(=S)N1CCC(=O)N1c2ccccc2Sc2ccccc21. The van der Waals surface area contributed by atoms with E-state index in [2.05, 4.69) is 0 Å². The van der Waals surface area contributed by atoms with E-state index in [-0.39, 0.29) is 24.8 Å². The van der Waals surface area contributed by atoms with Gasteiger partial charge in [-0.15, -0.1) is 0 Å². The van der Waals surface area contributed by atoms with Crippen molar-refractivity contribution in [3.05, 3.63) is 88.3 Å². The number of thioether (sulfide) groups is 1. The Hall–Kier alpha value is -2.58. The van der Waals surface area contributed by atoms with Crippen LogP contribution in [0.1, 0.15) is 12.0 Å². The van der Waals surface area contributed by atoms with Crippen molar-refractivity contribution >= 4 is 80.9 Å². The molecular weight excluding hydrogens is 492 g/mol. The van der Waals surface area contributed by atoms with E-state index in [0.29, 0.717) is 14.2 Å².